The summed E-state index contributed by atoms with van der Waals surface area (Å²) in [5.41, 5.74) is 1.60. The monoisotopic (exact) mass is 279 g/mol. The normalized spacial score (nSPS) is 23.9. The van der Waals surface area contributed by atoms with Crippen molar-refractivity contribution in [2.75, 3.05) is 39.5 Å². The summed E-state index contributed by atoms with van der Waals surface area (Å²) in [4.78, 5) is 2.53. The zero-order valence-corrected chi connectivity index (χ0v) is 12.4. The topological polar surface area (TPSA) is 39.5 Å². The lowest BCUT2D eigenvalue weighted by Gasteiger charge is -2.38. The van der Waals surface area contributed by atoms with E-state index < -0.39 is 0 Å². The highest BCUT2D eigenvalue weighted by molar-refractivity contribution is 5.01. The number of nitrogens with zero attached hydrogens (tertiary/aromatic N) is 3. The molecule has 2 aliphatic rings. The van der Waals surface area contributed by atoms with Crippen molar-refractivity contribution in [1.82, 2.24) is 14.7 Å². The van der Waals surface area contributed by atoms with Crippen molar-refractivity contribution in [3.05, 3.63) is 18.0 Å². The van der Waals surface area contributed by atoms with Crippen LogP contribution in [0.1, 0.15) is 25.5 Å². The maximum atomic E-state index is 5.87. The third-order valence-corrected chi connectivity index (χ3v) is 4.56. The number of aromatic nitrogens is 2. The summed E-state index contributed by atoms with van der Waals surface area (Å²) in [6, 6.07) is 2.13. The van der Waals surface area contributed by atoms with Gasteiger partial charge in [-0.2, -0.15) is 5.10 Å². The molecule has 3 heterocycles. The van der Waals surface area contributed by atoms with E-state index in [2.05, 4.69) is 27.7 Å². The van der Waals surface area contributed by atoms with Crippen LogP contribution in [0.15, 0.2) is 12.3 Å². The van der Waals surface area contributed by atoms with Crippen LogP contribution in [0.3, 0.4) is 0 Å². The van der Waals surface area contributed by atoms with Crippen molar-refractivity contribution < 1.29 is 9.47 Å². The average molecular weight is 279 g/mol. The lowest BCUT2D eigenvalue weighted by atomic mass is 9.80. The maximum absolute atomic E-state index is 5.87. The fourth-order valence-electron chi connectivity index (χ4n) is 3.33. The Hall–Kier alpha value is -0.910. The van der Waals surface area contributed by atoms with Crippen LogP contribution >= 0.6 is 0 Å². The Morgan fingerprint density at radius 2 is 2.10 bits per heavy atom. The molecule has 5 nitrogen and oxygen atoms in total. The van der Waals surface area contributed by atoms with Crippen LogP contribution in [0.2, 0.25) is 0 Å². The first kappa shape index (κ1) is 14.0. The first-order valence-corrected chi connectivity index (χ1v) is 7.70. The molecule has 20 heavy (non-hydrogen) atoms. The predicted octanol–water partition coefficient (Wildman–Crippen LogP) is 1.53. The summed E-state index contributed by atoms with van der Waals surface area (Å²) in [6.45, 7) is 9.66. The number of rotatable bonds is 3. The van der Waals surface area contributed by atoms with E-state index in [9.17, 15) is 0 Å². The summed E-state index contributed by atoms with van der Waals surface area (Å²) in [7, 11) is 0. The van der Waals surface area contributed by atoms with Crippen LogP contribution in [-0.4, -0.2) is 54.2 Å². The highest BCUT2D eigenvalue weighted by Gasteiger charge is 2.36. The Kier molecular flexibility index (Phi) is 4.38. The van der Waals surface area contributed by atoms with Crippen LogP contribution in [0.25, 0.3) is 0 Å². The van der Waals surface area contributed by atoms with Gasteiger partial charge in [0, 0.05) is 51.0 Å². The first-order chi connectivity index (χ1) is 9.81. The lowest BCUT2D eigenvalue weighted by Crippen LogP contribution is -2.42. The van der Waals surface area contributed by atoms with Gasteiger partial charge in [-0.25, -0.2) is 0 Å². The summed E-state index contributed by atoms with van der Waals surface area (Å²) < 4.78 is 13.5. The van der Waals surface area contributed by atoms with Crippen molar-refractivity contribution in [2.24, 2.45) is 5.41 Å². The van der Waals surface area contributed by atoms with E-state index in [1.807, 2.05) is 6.20 Å². The van der Waals surface area contributed by atoms with Gasteiger partial charge in [0.05, 0.1) is 18.9 Å². The molecule has 0 aromatic carbocycles. The van der Waals surface area contributed by atoms with E-state index in [1.165, 1.54) is 5.69 Å². The van der Waals surface area contributed by atoms with Gasteiger partial charge in [-0.15, -0.1) is 0 Å². The fourth-order valence-corrected chi connectivity index (χ4v) is 3.33. The molecular formula is C15H25N3O2. The lowest BCUT2D eigenvalue weighted by molar-refractivity contribution is -0.0321. The van der Waals surface area contributed by atoms with E-state index in [4.69, 9.17) is 9.47 Å². The van der Waals surface area contributed by atoms with Crippen molar-refractivity contribution in [3.8, 4) is 0 Å². The third kappa shape index (κ3) is 3.05. The summed E-state index contributed by atoms with van der Waals surface area (Å²) in [5, 5.41) is 4.37. The van der Waals surface area contributed by atoms with Gasteiger partial charge in [0.2, 0.25) is 0 Å². The van der Waals surface area contributed by atoms with Gasteiger partial charge in [0.1, 0.15) is 0 Å². The van der Waals surface area contributed by atoms with E-state index in [0.717, 1.165) is 65.4 Å². The fraction of sp³-hybridized carbons (Fsp3) is 0.800. The van der Waals surface area contributed by atoms with Gasteiger partial charge in [-0.3, -0.25) is 9.58 Å². The molecule has 1 aromatic rings. The number of hydrogen-bond acceptors (Lipinski definition) is 4. The van der Waals surface area contributed by atoms with Gasteiger partial charge >= 0.3 is 0 Å². The standard InChI is InChI=1S/C15H25N3O2/c1-2-18-14(3-6-16-18)11-17-7-10-20-13-15(12-17)4-8-19-9-5-15/h3,6H,2,4-5,7-13H2,1H3. The summed E-state index contributed by atoms with van der Waals surface area (Å²) >= 11 is 0. The molecule has 0 amide bonds. The molecule has 2 aliphatic heterocycles. The summed E-state index contributed by atoms with van der Waals surface area (Å²) in [5.74, 6) is 0. The summed E-state index contributed by atoms with van der Waals surface area (Å²) in [6.07, 6.45) is 4.14. The highest BCUT2D eigenvalue weighted by atomic mass is 16.5. The molecule has 0 unspecified atom stereocenters. The molecule has 112 valence electrons. The zero-order valence-electron chi connectivity index (χ0n) is 12.4. The zero-order chi connectivity index (χ0) is 13.8. The first-order valence-electron chi connectivity index (χ1n) is 7.70. The molecular weight excluding hydrogens is 254 g/mol. The SMILES string of the molecule is CCn1nccc1CN1CCOCC2(CCOCC2)C1. The van der Waals surface area contributed by atoms with Gasteiger partial charge in [0.15, 0.2) is 0 Å². The van der Waals surface area contributed by atoms with Crippen LogP contribution in [0.4, 0.5) is 0 Å². The Balaban J connectivity index is 1.69. The van der Waals surface area contributed by atoms with Gasteiger partial charge in [-0.05, 0) is 25.8 Å². The molecule has 2 fully saturated rings. The Morgan fingerprint density at radius 3 is 2.90 bits per heavy atom. The Labute approximate surface area is 120 Å². The molecule has 5 heteroatoms. The minimum atomic E-state index is 0.297. The molecule has 0 atom stereocenters. The smallest absolute Gasteiger partial charge is 0.0593 e. The highest BCUT2D eigenvalue weighted by Crippen LogP contribution is 2.33. The van der Waals surface area contributed by atoms with E-state index in [1.54, 1.807) is 0 Å². The maximum Gasteiger partial charge on any atom is 0.0593 e. The number of ether oxygens (including phenoxy) is 2. The molecule has 0 saturated carbocycles. The van der Waals surface area contributed by atoms with Gasteiger partial charge in [0.25, 0.3) is 0 Å². The van der Waals surface area contributed by atoms with Crippen molar-refractivity contribution in [1.29, 1.82) is 0 Å². The van der Waals surface area contributed by atoms with Crippen LogP contribution in [0, 0.1) is 5.41 Å². The van der Waals surface area contributed by atoms with Crippen LogP contribution in [-0.2, 0) is 22.6 Å². The molecule has 0 bridgehead atoms. The van der Waals surface area contributed by atoms with Crippen molar-refractivity contribution >= 4 is 0 Å². The predicted molar refractivity (Wildman–Crippen MR) is 76.5 cm³/mol. The Morgan fingerprint density at radius 1 is 1.25 bits per heavy atom. The quantitative estimate of drug-likeness (QED) is 0.841. The molecule has 0 aliphatic carbocycles. The van der Waals surface area contributed by atoms with E-state index in [-0.39, 0.29) is 0 Å². The van der Waals surface area contributed by atoms with Crippen LogP contribution in [0.5, 0.6) is 0 Å². The van der Waals surface area contributed by atoms with Gasteiger partial charge in [-0.1, -0.05) is 0 Å². The molecule has 0 N–H and O–H groups in total. The molecule has 1 spiro atoms. The second kappa shape index (κ2) is 6.24. The number of aryl methyl sites for hydroxylation is 1. The third-order valence-electron chi connectivity index (χ3n) is 4.56. The number of hydrogen-bond donors (Lipinski definition) is 0. The molecule has 3 rings (SSSR count). The molecule has 2 saturated heterocycles. The Bertz CT molecular complexity index is 427. The molecule has 1 aromatic heterocycles. The van der Waals surface area contributed by atoms with Gasteiger partial charge < -0.3 is 9.47 Å². The molecule has 0 radical (unpaired) electrons. The van der Waals surface area contributed by atoms with E-state index in [0.29, 0.717) is 5.41 Å². The average Bonchev–Trinajstić information content (AvgIpc) is 2.83. The minimum Gasteiger partial charge on any atom is -0.381 e. The second-order valence-electron chi connectivity index (χ2n) is 6.01. The van der Waals surface area contributed by atoms with Crippen molar-refractivity contribution in [3.63, 3.8) is 0 Å². The largest absolute Gasteiger partial charge is 0.381 e. The van der Waals surface area contributed by atoms with Crippen LogP contribution < -0.4 is 0 Å². The van der Waals surface area contributed by atoms with Crippen molar-refractivity contribution in [2.45, 2.75) is 32.9 Å². The van der Waals surface area contributed by atoms with E-state index >= 15 is 0 Å². The minimum absolute atomic E-state index is 0.297. The second-order valence-corrected chi connectivity index (χ2v) is 6.01.